The SMILES string of the molecule is CC(CCC[C@@H](C)[C@H]1CCC2C3C(CC[C@@]21C)[C@@]1(C)CCC(=NCCCNCCCCN)C[C@@H]1C[C@H]3O)C(=O)O. The molecule has 0 amide bonds. The van der Waals surface area contributed by atoms with Gasteiger partial charge in [0.1, 0.15) is 0 Å². The first-order chi connectivity index (χ1) is 19.1. The number of nitrogens with one attached hydrogen (secondary N) is 1. The number of aliphatic hydroxyl groups excluding tert-OH is 1. The predicted molar refractivity (Wildman–Crippen MR) is 164 cm³/mol. The van der Waals surface area contributed by atoms with Gasteiger partial charge >= 0.3 is 5.97 Å². The minimum atomic E-state index is -0.667. The number of rotatable bonds is 14. The van der Waals surface area contributed by atoms with Crippen LogP contribution in [0.3, 0.4) is 0 Å². The second-order valence-electron chi connectivity index (χ2n) is 14.9. The average molecular weight is 560 g/mol. The molecule has 5 N–H and O–H groups in total. The number of hydrogen-bond acceptors (Lipinski definition) is 5. The molecule has 0 bridgehead atoms. The van der Waals surface area contributed by atoms with E-state index in [1.807, 2.05) is 6.92 Å². The summed E-state index contributed by atoms with van der Waals surface area (Å²) in [5.74, 6) is 2.73. The Hall–Kier alpha value is -0.980. The molecule has 0 heterocycles. The molecular weight excluding hydrogens is 498 g/mol. The summed E-state index contributed by atoms with van der Waals surface area (Å²) in [7, 11) is 0. The molecule has 4 aliphatic rings. The van der Waals surface area contributed by atoms with E-state index < -0.39 is 5.97 Å². The minimum Gasteiger partial charge on any atom is -0.481 e. The topological polar surface area (TPSA) is 108 Å². The summed E-state index contributed by atoms with van der Waals surface area (Å²) in [5.41, 5.74) is 7.64. The normalized spacial score (nSPS) is 39.8. The summed E-state index contributed by atoms with van der Waals surface area (Å²) >= 11 is 0. The van der Waals surface area contributed by atoms with Gasteiger partial charge in [-0.05, 0) is 143 Å². The van der Waals surface area contributed by atoms with Gasteiger partial charge < -0.3 is 21.3 Å². The van der Waals surface area contributed by atoms with Crippen molar-refractivity contribution in [2.24, 2.45) is 63.0 Å². The first-order valence-corrected chi connectivity index (χ1v) is 17.0. The number of nitrogens with zero attached hydrogens (tertiary/aromatic N) is 1. The molecule has 4 rings (SSSR count). The number of carboxylic acids is 1. The Bertz CT molecular complexity index is 863. The summed E-state index contributed by atoms with van der Waals surface area (Å²) in [4.78, 5) is 16.3. The van der Waals surface area contributed by atoms with Crippen molar-refractivity contribution < 1.29 is 15.0 Å². The molecule has 4 unspecified atom stereocenters. The predicted octanol–water partition coefficient (Wildman–Crippen LogP) is 6.30. The molecule has 0 spiro atoms. The zero-order chi connectivity index (χ0) is 28.9. The van der Waals surface area contributed by atoms with Crippen LogP contribution < -0.4 is 11.1 Å². The highest BCUT2D eigenvalue weighted by atomic mass is 16.4. The lowest BCUT2D eigenvalue weighted by atomic mass is 9.43. The number of carboxylic acid groups (broad SMARTS) is 1. The van der Waals surface area contributed by atoms with Crippen molar-refractivity contribution in [2.75, 3.05) is 26.2 Å². The molecule has 10 atom stereocenters. The first-order valence-electron chi connectivity index (χ1n) is 17.0. The van der Waals surface area contributed by atoms with Gasteiger partial charge in [0, 0.05) is 12.3 Å². The third-order valence-electron chi connectivity index (χ3n) is 12.7. The standard InChI is InChI=1S/C34H61N3O3/c1-23(9-7-10-24(2)32(39)40)27-11-12-28-31-29(14-16-34(27,28)4)33(3)15-13-26(21-25(33)22-30(31)38)37-20-8-19-36-18-6-5-17-35/h23-25,27-31,36,38H,5-22,35H2,1-4H3,(H,39,40)/t23-,24?,25-,27-,28?,29?,30-,31?,33+,34-/m1/s1. The van der Waals surface area contributed by atoms with Crippen molar-refractivity contribution in [3.63, 3.8) is 0 Å². The lowest BCUT2D eigenvalue weighted by Crippen LogP contribution is -2.58. The van der Waals surface area contributed by atoms with Crippen molar-refractivity contribution in [3.8, 4) is 0 Å². The van der Waals surface area contributed by atoms with E-state index >= 15 is 0 Å². The zero-order valence-electron chi connectivity index (χ0n) is 26.2. The Morgan fingerprint density at radius 2 is 1.77 bits per heavy atom. The Kier molecular flexibility index (Phi) is 11.2. The van der Waals surface area contributed by atoms with Gasteiger partial charge in [-0.1, -0.05) is 40.5 Å². The number of aliphatic carboxylic acids is 1. The van der Waals surface area contributed by atoms with Gasteiger partial charge in [-0.2, -0.15) is 0 Å². The van der Waals surface area contributed by atoms with Gasteiger partial charge in [0.25, 0.3) is 0 Å². The largest absolute Gasteiger partial charge is 0.481 e. The third-order valence-corrected chi connectivity index (χ3v) is 12.7. The van der Waals surface area contributed by atoms with Gasteiger partial charge in [0.15, 0.2) is 0 Å². The van der Waals surface area contributed by atoms with Gasteiger partial charge in [0.05, 0.1) is 12.0 Å². The number of unbranched alkanes of at least 4 members (excludes halogenated alkanes) is 1. The Balaban J connectivity index is 1.32. The van der Waals surface area contributed by atoms with Crippen molar-refractivity contribution in [2.45, 2.75) is 124 Å². The van der Waals surface area contributed by atoms with Crippen LogP contribution in [0, 0.1) is 52.3 Å². The molecule has 4 aliphatic carbocycles. The van der Waals surface area contributed by atoms with Crippen LogP contribution in [-0.4, -0.2) is 54.2 Å². The Morgan fingerprint density at radius 3 is 2.52 bits per heavy atom. The number of fused-ring (bicyclic) bond motifs is 5. The van der Waals surface area contributed by atoms with Crippen LogP contribution >= 0.6 is 0 Å². The van der Waals surface area contributed by atoms with E-state index in [1.165, 1.54) is 37.8 Å². The maximum absolute atomic E-state index is 11.7. The Morgan fingerprint density at radius 1 is 1.02 bits per heavy atom. The monoisotopic (exact) mass is 559 g/mol. The van der Waals surface area contributed by atoms with Crippen LogP contribution in [0.2, 0.25) is 0 Å². The van der Waals surface area contributed by atoms with E-state index in [2.05, 4.69) is 26.1 Å². The summed E-state index contributed by atoms with van der Waals surface area (Å²) < 4.78 is 0. The van der Waals surface area contributed by atoms with Crippen LogP contribution in [-0.2, 0) is 4.79 Å². The fourth-order valence-corrected chi connectivity index (χ4v) is 10.2. The quantitative estimate of drug-likeness (QED) is 0.187. The molecule has 6 heteroatoms. The maximum Gasteiger partial charge on any atom is 0.306 e. The number of aliphatic imine (C=N–C) groups is 1. The zero-order valence-corrected chi connectivity index (χ0v) is 26.2. The second kappa shape index (κ2) is 14.0. The van der Waals surface area contributed by atoms with E-state index in [4.69, 9.17) is 10.7 Å². The maximum atomic E-state index is 11.7. The Labute approximate surface area is 244 Å². The number of carbonyl (C=O) groups is 1. The average Bonchev–Trinajstić information content (AvgIpc) is 3.27. The van der Waals surface area contributed by atoms with Crippen molar-refractivity contribution in [3.05, 3.63) is 0 Å². The van der Waals surface area contributed by atoms with Crippen LogP contribution in [0.25, 0.3) is 0 Å². The van der Waals surface area contributed by atoms with Gasteiger partial charge in [0.2, 0.25) is 0 Å². The summed E-state index contributed by atoms with van der Waals surface area (Å²) in [6, 6.07) is 0. The molecule has 0 aromatic carbocycles. The highest BCUT2D eigenvalue weighted by Crippen LogP contribution is 2.68. The van der Waals surface area contributed by atoms with Crippen LogP contribution in [0.15, 0.2) is 4.99 Å². The van der Waals surface area contributed by atoms with Crippen molar-refractivity contribution >= 4 is 11.7 Å². The van der Waals surface area contributed by atoms with Gasteiger partial charge in [-0.25, -0.2) is 0 Å². The molecule has 0 saturated heterocycles. The molecule has 0 radical (unpaired) electrons. The van der Waals surface area contributed by atoms with Gasteiger partial charge in [-0.3, -0.25) is 9.79 Å². The highest BCUT2D eigenvalue weighted by molar-refractivity contribution is 5.85. The number of hydrogen-bond donors (Lipinski definition) is 4. The third kappa shape index (κ3) is 6.80. The highest BCUT2D eigenvalue weighted by Gasteiger charge is 2.62. The van der Waals surface area contributed by atoms with Crippen LogP contribution in [0.1, 0.15) is 118 Å². The summed E-state index contributed by atoms with van der Waals surface area (Å²) in [6.07, 6.45) is 15.7. The van der Waals surface area contributed by atoms with E-state index in [1.54, 1.807) is 0 Å². The summed E-state index contributed by atoms with van der Waals surface area (Å²) in [6.45, 7) is 13.2. The fraction of sp³-hybridized carbons (Fsp3) is 0.941. The lowest BCUT2D eigenvalue weighted by Gasteiger charge is -2.62. The van der Waals surface area contributed by atoms with Crippen molar-refractivity contribution in [1.82, 2.24) is 5.32 Å². The van der Waals surface area contributed by atoms with Crippen LogP contribution in [0.5, 0.6) is 0 Å². The smallest absolute Gasteiger partial charge is 0.306 e. The molecule has 4 fully saturated rings. The number of aliphatic hydroxyl groups is 1. The van der Waals surface area contributed by atoms with Crippen molar-refractivity contribution in [1.29, 1.82) is 0 Å². The van der Waals surface area contributed by atoms with Gasteiger partial charge in [-0.15, -0.1) is 0 Å². The van der Waals surface area contributed by atoms with Crippen LogP contribution in [0.4, 0.5) is 0 Å². The molecule has 6 nitrogen and oxygen atoms in total. The molecule has 4 saturated carbocycles. The minimum absolute atomic E-state index is 0.171. The molecule has 230 valence electrons. The molecule has 0 aromatic rings. The first kappa shape index (κ1) is 31.9. The van der Waals surface area contributed by atoms with E-state index in [0.717, 1.165) is 84.0 Å². The van der Waals surface area contributed by atoms with E-state index in [0.29, 0.717) is 46.3 Å². The number of nitrogens with two attached hydrogens (primary N) is 1. The summed E-state index contributed by atoms with van der Waals surface area (Å²) in [5, 5.41) is 24.5. The lowest BCUT2D eigenvalue weighted by molar-refractivity contribution is -0.157. The molecular formula is C34H61N3O3. The molecule has 0 aliphatic heterocycles. The second-order valence-corrected chi connectivity index (χ2v) is 14.9. The van der Waals surface area contributed by atoms with E-state index in [9.17, 15) is 15.0 Å². The fourth-order valence-electron chi connectivity index (χ4n) is 10.2. The molecule has 0 aromatic heterocycles. The molecule has 40 heavy (non-hydrogen) atoms. The van der Waals surface area contributed by atoms with E-state index in [-0.39, 0.29) is 12.0 Å².